The Labute approximate surface area is 97.1 Å². The van der Waals surface area contributed by atoms with Crippen molar-refractivity contribution in [3.05, 3.63) is 29.8 Å². The fourth-order valence-electron chi connectivity index (χ4n) is 2.21. The Bertz CT molecular complexity index is 357. The van der Waals surface area contributed by atoms with Crippen molar-refractivity contribution in [2.45, 2.75) is 18.4 Å². The number of nitrogens with one attached hydrogen (secondary N) is 1. The van der Waals surface area contributed by atoms with Crippen LogP contribution in [0.3, 0.4) is 0 Å². The van der Waals surface area contributed by atoms with Crippen LogP contribution in [-0.4, -0.2) is 37.9 Å². The van der Waals surface area contributed by atoms with E-state index in [0.29, 0.717) is 6.54 Å². The highest BCUT2D eigenvalue weighted by atomic mass is 16.3. The molecule has 1 heterocycles. The van der Waals surface area contributed by atoms with Crippen LogP contribution in [0.1, 0.15) is 12.0 Å². The molecule has 1 fully saturated rings. The van der Waals surface area contributed by atoms with Crippen LogP contribution in [0.15, 0.2) is 24.3 Å². The van der Waals surface area contributed by atoms with Crippen LogP contribution >= 0.6 is 0 Å². The lowest BCUT2D eigenvalue weighted by Gasteiger charge is -2.22. The van der Waals surface area contributed by atoms with E-state index in [2.05, 4.69) is 34.5 Å². The maximum absolute atomic E-state index is 10.3. The molecular formula is C13H20N2O. The Kier molecular flexibility index (Phi) is 3.17. The first-order valence-electron chi connectivity index (χ1n) is 5.78. The van der Waals surface area contributed by atoms with Crippen LogP contribution in [-0.2, 0) is 6.42 Å². The van der Waals surface area contributed by atoms with Crippen molar-refractivity contribution in [3.8, 4) is 0 Å². The molecule has 0 bridgehead atoms. The molecule has 0 radical (unpaired) electrons. The van der Waals surface area contributed by atoms with E-state index in [1.165, 1.54) is 11.3 Å². The molecule has 1 unspecified atom stereocenters. The van der Waals surface area contributed by atoms with Crippen LogP contribution < -0.4 is 10.2 Å². The van der Waals surface area contributed by atoms with E-state index in [-0.39, 0.29) is 0 Å². The van der Waals surface area contributed by atoms with Gasteiger partial charge >= 0.3 is 0 Å². The minimum absolute atomic E-state index is 0.551. The van der Waals surface area contributed by atoms with E-state index in [0.717, 1.165) is 19.4 Å². The summed E-state index contributed by atoms with van der Waals surface area (Å²) in [7, 11) is 4.07. The second-order valence-electron chi connectivity index (χ2n) is 4.89. The van der Waals surface area contributed by atoms with Crippen LogP contribution in [0.5, 0.6) is 0 Å². The molecule has 3 heteroatoms. The summed E-state index contributed by atoms with van der Waals surface area (Å²) in [6, 6.07) is 8.37. The minimum atomic E-state index is -0.551. The number of hydrogen-bond acceptors (Lipinski definition) is 3. The van der Waals surface area contributed by atoms with E-state index in [9.17, 15) is 5.11 Å². The van der Waals surface area contributed by atoms with E-state index >= 15 is 0 Å². The van der Waals surface area contributed by atoms with Crippen LogP contribution in [0.25, 0.3) is 0 Å². The number of anilines is 1. The average Bonchev–Trinajstić information content (AvgIpc) is 2.65. The average molecular weight is 220 g/mol. The Balaban J connectivity index is 2.12. The van der Waals surface area contributed by atoms with Gasteiger partial charge in [-0.05, 0) is 30.7 Å². The van der Waals surface area contributed by atoms with Gasteiger partial charge in [-0.1, -0.05) is 12.1 Å². The van der Waals surface area contributed by atoms with Crippen LogP contribution in [0.2, 0.25) is 0 Å². The second kappa shape index (κ2) is 4.44. The van der Waals surface area contributed by atoms with Gasteiger partial charge in [0.15, 0.2) is 0 Å². The standard InChI is InChI=1S/C13H20N2O/c1-15(2)12-5-3-4-11(8-12)9-13(16)6-7-14-10-13/h3-5,8,14,16H,6-7,9-10H2,1-2H3. The molecule has 0 saturated carbocycles. The number of nitrogens with zero attached hydrogens (tertiary/aromatic N) is 1. The Hall–Kier alpha value is -1.06. The van der Waals surface area contributed by atoms with Gasteiger partial charge in [0, 0.05) is 32.7 Å². The molecule has 88 valence electrons. The van der Waals surface area contributed by atoms with Crippen molar-refractivity contribution < 1.29 is 5.11 Å². The molecule has 2 N–H and O–H groups in total. The SMILES string of the molecule is CN(C)c1cccc(CC2(O)CCNC2)c1. The Morgan fingerprint density at radius 3 is 2.88 bits per heavy atom. The summed E-state index contributed by atoms with van der Waals surface area (Å²) in [6.07, 6.45) is 1.58. The zero-order valence-corrected chi connectivity index (χ0v) is 10.0. The fraction of sp³-hybridized carbons (Fsp3) is 0.538. The van der Waals surface area contributed by atoms with E-state index in [1.807, 2.05) is 14.1 Å². The van der Waals surface area contributed by atoms with Gasteiger partial charge in [-0.25, -0.2) is 0 Å². The topological polar surface area (TPSA) is 35.5 Å². The van der Waals surface area contributed by atoms with Crippen molar-refractivity contribution in [2.24, 2.45) is 0 Å². The smallest absolute Gasteiger partial charge is 0.0823 e. The monoisotopic (exact) mass is 220 g/mol. The molecule has 0 aliphatic carbocycles. The van der Waals surface area contributed by atoms with Crippen molar-refractivity contribution >= 4 is 5.69 Å². The highest BCUT2D eigenvalue weighted by molar-refractivity contribution is 5.47. The predicted octanol–water partition coefficient (Wildman–Crippen LogP) is 1.02. The van der Waals surface area contributed by atoms with Crippen molar-refractivity contribution in [2.75, 3.05) is 32.1 Å². The van der Waals surface area contributed by atoms with Gasteiger partial charge in [0.05, 0.1) is 5.60 Å². The summed E-state index contributed by atoms with van der Waals surface area (Å²) in [4.78, 5) is 2.08. The molecular weight excluding hydrogens is 200 g/mol. The zero-order valence-electron chi connectivity index (χ0n) is 10.0. The molecule has 0 amide bonds. The summed E-state index contributed by atoms with van der Waals surface area (Å²) in [6.45, 7) is 1.63. The van der Waals surface area contributed by atoms with Crippen molar-refractivity contribution in [1.29, 1.82) is 0 Å². The predicted molar refractivity (Wildman–Crippen MR) is 66.9 cm³/mol. The van der Waals surface area contributed by atoms with Gasteiger partial charge in [0.2, 0.25) is 0 Å². The fourth-order valence-corrected chi connectivity index (χ4v) is 2.21. The van der Waals surface area contributed by atoms with E-state index < -0.39 is 5.60 Å². The molecule has 0 aromatic heterocycles. The Morgan fingerprint density at radius 2 is 2.25 bits per heavy atom. The number of rotatable bonds is 3. The summed E-state index contributed by atoms with van der Waals surface area (Å²) < 4.78 is 0. The number of β-amino-alcohol motifs (C(OH)–C–C–N with tert-alkyl or cyclic N) is 1. The Morgan fingerprint density at radius 1 is 1.44 bits per heavy atom. The third kappa shape index (κ3) is 2.54. The normalized spacial score (nSPS) is 24.7. The summed E-state index contributed by atoms with van der Waals surface area (Å²) in [5.74, 6) is 0. The van der Waals surface area contributed by atoms with Gasteiger partial charge in [-0.15, -0.1) is 0 Å². The van der Waals surface area contributed by atoms with Gasteiger partial charge in [0.1, 0.15) is 0 Å². The third-order valence-electron chi connectivity index (χ3n) is 3.18. The number of aliphatic hydroxyl groups is 1. The maximum Gasteiger partial charge on any atom is 0.0823 e. The molecule has 1 aromatic carbocycles. The minimum Gasteiger partial charge on any atom is -0.388 e. The molecule has 1 saturated heterocycles. The first-order valence-corrected chi connectivity index (χ1v) is 5.78. The lowest BCUT2D eigenvalue weighted by molar-refractivity contribution is 0.0619. The molecule has 16 heavy (non-hydrogen) atoms. The lowest BCUT2D eigenvalue weighted by Crippen LogP contribution is -2.33. The first kappa shape index (κ1) is 11.4. The molecule has 1 aliphatic rings. The highest BCUT2D eigenvalue weighted by Gasteiger charge is 2.30. The van der Waals surface area contributed by atoms with Gasteiger partial charge < -0.3 is 15.3 Å². The first-order chi connectivity index (χ1) is 7.59. The number of benzene rings is 1. The molecule has 1 aromatic rings. The lowest BCUT2D eigenvalue weighted by atomic mass is 9.93. The molecule has 0 spiro atoms. The van der Waals surface area contributed by atoms with Crippen LogP contribution in [0, 0.1) is 0 Å². The van der Waals surface area contributed by atoms with E-state index in [4.69, 9.17) is 0 Å². The summed E-state index contributed by atoms with van der Waals surface area (Å²) >= 11 is 0. The maximum atomic E-state index is 10.3. The third-order valence-corrected chi connectivity index (χ3v) is 3.18. The van der Waals surface area contributed by atoms with E-state index in [1.54, 1.807) is 0 Å². The van der Waals surface area contributed by atoms with Gasteiger partial charge in [-0.3, -0.25) is 0 Å². The van der Waals surface area contributed by atoms with Crippen molar-refractivity contribution in [3.63, 3.8) is 0 Å². The summed E-state index contributed by atoms with van der Waals surface area (Å²) in [5, 5.41) is 13.5. The quantitative estimate of drug-likeness (QED) is 0.798. The molecule has 1 aliphatic heterocycles. The largest absolute Gasteiger partial charge is 0.388 e. The van der Waals surface area contributed by atoms with Gasteiger partial charge in [0.25, 0.3) is 0 Å². The zero-order chi connectivity index (χ0) is 11.6. The highest BCUT2D eigenvalue weighted by Crippen LogP contribution is 2.22. The summed E-state index contributed by atoms with van der Waals surface area (Å²) in [5.41, 5.74) is 1.84. The molecule has 2 rings (SSSR count). The number of hydrogen-bond donors (Lipinski definition) is 2. The second-order valence-corrected chi connectivity index (χ2v) is 4.89. The van der Waals surface area contributed by atoms with Crippen molar-refractivity contribution in [1.82, 2.24) is 5.32 Å². The molecule has 1 atom stereocenters. The molecule has 3 nitrogen and oxygen atoms in total. The van der Waals surface area contributed by atoms with Gasteiger partial charge in [-0.2, -0.15) is 0 Å². The van der Waals surface area contributed by atoms with Crippen LogP contribution in [0.4, 0.5) is 5.69 Å².